The van der Waals surface area contributed by atoms with E-state index < -0.39 is 11.9 Å². The number of imide groups is 1. The zero-order valence-corrected chi connectivity index (χ0v) is 14.6. The van der Waals surface area contributed by atoms with E-state index in [4.69, 9.17) is 4.74 Å². The van der Waals surface area contributed by atoms with Crippen molar-refractivity contribution in [3.8, 4) is 0 Å². The molecule has 3 aliphatic rings. The number of hydrogen-bond donors (Lipinski definition) is 2. The molecule has 0 spiro atoms. The van der Waals surface area contributed by atoms with E-state index >= 15 is 0 Å². The summed E-state index contributed by atoms with van der Waals surface area (Å²) in [5, 5.41) is 9.40. The van der Waals surface area contributed by atoms with Crippen LogP contribution in [0.3, 0.4) is 0 Å². The number of anilines is 1. The van der Waals surface area contributed by atoms with Crippen LogP contribution in [0, 0.1) is 17.8 Å². The van der Waals surface area contributed by atoms with E-state index in [0.717, 1.165) is 18.8 Å². The fraction of sp³-hybridized carbons (Fsp3) is 0.471. The summed E-state index contributed by atoms with van der Waals surface area (Å²) in [4.78, 5) is 41.9. The predicted molar refractivity (Wildman–Crippen MR) is 92.0 cm³/mol. The highest BCUT2D eigenvalue weighted by Crippen LogP contribution is 2.53. The molecule has 5 rings (SSSR count). The quantitative estimate of drug-likeness (QED) is 0.700. The van der Waals surface area contributed by atoms with Crippen LogP contribution in [0.15, 0.2) is 18.5 Å². The Hall–Kier alpha value is -3.17. The molecule has 2 aromatic rings. The first-order chi connectivity index (χ1) is 13.1. The van der Waals surface area contributed by atoms with Crippen molar-refractivity contribution in [2.45, 2.75) is 5.92 Å². The maximum atomic E-state index is 12.2. The molecular weight excluding hydrogens is 352 g/mol. The van der Waals surface area contributed by atoms with Gasteiger partial charge in [0.15, 0.2) is 5.65 Å². The topological polar surface area (TPSA) is 118 Å². The Labute approximate surface area is 153 Å². The molecule has 2 unspecified atom stereocenters. The first-order valence-corrected chi connectivity index (χ1v) is 8.82. The SMILES string of the molecule is COC(=O)C1[C@H]2CN(c3cc(C4CNC(=O)NC4=O)nn4ccnc34)C[C@@H]12. The number of amides is 3. The summed E-state index contributed by atoms with van der Waals surface area (Å²) in [5.74, 6) is -0.495. The van der Waals surface area contributed by atoms with Crippen LogP contribution in [0.25, 0.3) is 5.65 Å². The number of imidazole rings is 1. The van der Waals surface area contributed by atoms with Crippen molar-refractivity contribution < 1.29 is 19.1 Å². The van der Waals surface area contributed by atoms with Gasteiger partial charge in [-0.2, -0.15) is 5.10 Å². The lowest BCUT2D eigenvalue weighted by molar-refractivity contribution is -0.142. The zero-order chi connectivity index (χ0) is 18.7. The molecule has 0 bridgehead atoms. The van der Waals surface area contributed by atoms with E-state index in [2.05, 4.69) is 25.6 Å². The lowest BCUT2D eigenvalue weighted by Crippen LogP contribution is -2.51. The normalized spacial score (nSPS) is 29.3. The Morgan fingerprint density at radius 2 is 2.07 bits per heavy atom. The monoisotopic (exact) mass is 370 g/mol. The molecule has 3 fully saturated rings. The molecule has 3 amide bonds. The molecule has 10 heteroatoms. The number of ether oxygens (including phenoxy) is 1. The van der Waals surface area contributed by atoms with E-state index in [-0.39, 0.29) is 24.3 Å². The van der Waals surface area contributed by atoms with Gasteiger partial charge in [-0.3, -0.25) is 14.9 Å². The Balaban J connectivity index is 1.45. The highest BCUT2D eigenvalue weighted by molar-refractivity contribution is 6.00. The van der Waals surface area contributed by atoms with Gasteiger partial charge < -0.3 is 15.0 Å². The van der Waals surface area contributed by atoms with Crippen molar-refractivity contribution in [2.75, 3.05) is 31.6 Å². The average molecular weight is 370 g/mol. The average Bonchev–Trinajstić information content (AvgIpc) is 3.02. The predicted octanol–water partition coefficient (Wildman–Crippen LogP) is -0.492. The summed E-state index contributed by atoms with van der Waals surface area (Å²) in [7, 11) is 1.42. The van der Waals surface area contributed by atoms with Crippen molar-refractivity contribution in [1.82, 2.24) is 25.2 Å². The molecule has 4 heterocycles. The number of nitrogens with zero attached hydrogens (tertiary/aromatic N) is 4. The van der Waals surface area contributed by atoms with E-state index in [1.54, 1.807) is 16.9 Å². The lowest BCUT2D eigenvalue weighted by atomic mass is 10.0. The molecule has 2 saturated heterocycles. The van der Waals surface area contributed by atoms with Crippen LogP contribution >= 0.6 is 0 Å². The van der Waals surface area contributed by atoms with Gasteiger partial charge in [0.1, 0.15) is 0 Å². The van der Waals surface area contributed by atoms with Gasteiger partial charge in [-0.05, 0) is 17.9 Å². The van der Waals surface area contributed by atoms with E-state index in [0.29, 0.717) is 23.2 Å². The Morgan fingerprint density at radius 3 is 2.78 bits per heavy atom. The van der Waals surface area contributed by atoms with Crippen molar-refractivity contribution in [1.29, 1.82) is 0 Å². The summed E-state index contributed by atoms with van der Waals surface area (Å²) in [5.41, 5.74) is 2.15. The standard InChI is InChI=1S/C17H18N6O4/c1-27-16(25)13-9-6-22(7-10(9)13)12-4-11(21-23-3-2-18-14(12)23)8-5-19-17(26)20-15(8)24/h2-4,8-10,13H,5-7H2,1H3,(H2,19,20,24,26)/t8?,9-,10+,13?. The van der Waals surface area contributed by atoms with Gasteiger partial charge in [-0.1, -0.05) is 0 Å². The molecule has 2 N–H and O–H groups in total. The molecule has 2 aromatic heterocycles. The van der Waals surface area contributed by atoms with Crippen molar-refractivity contribution >= 4 is 29.2 Å². The highest BCUT2D eigenvalue weighted by atomic mass is 16.5. The first kappa shape index (κ1) is 16.0. The number of urea groups is 1. The van der Waals surface area contributed by atoms with Crippen LogP contribution < -0.4 is 15.5 Å². The Morgan fingerprint density at radius 1 is 1.30 bits per heavy atom. The molecular formula is C17H18N6O4. The van der Waals surface area contributed by atoms with Crippen LogP contribution in [-0.2, 0) is 14.3 Å². The third-order valence-electron chi connectivity index (χ3n) is 5.74. The Kier molecular flexibility index (Phi) is 3.36. The zero-order valence-electron chi connectivity index (χ0n) is 14.6. The van der Waals surface area contributed by atoms with Crippen molar-refractivity contribution in [2.24, 2.45) is 17.8 Å². The maximum Gasteiger partial charge on any atom is 0.321 e. The summed E-state index contributed by atoms with van der Waals surface area (Å²) in [6.45, 7) is 1.68. The van der Waals surface area contributed by atoms with E-state index in [1.165, 1.54) is 7.11 Å². The number of carbonyl (C=O) groups excluding carboxylic acids is 3. The van der Waals surface area contributed by atoms with Gasteiger partial charge in [0.05, 0.1) is 30.3 Å². The fourth-order valence-corrected chi connectivity index (χ4v) is 4.30. The largest absolute Gasteiger partial charge is 0.469 e. The maximum absolute atomic E-state index is 12.2. The molecule has 0 radical (unpaired) electrons. The van der Waals surface area contributed by atoms with Gasteiger partial charge >= 0.3 is 12.0 Å². The lowest BCUT2D eigenvalue weighted by Gasteiger charge is -2.25. The fourth-order valence-electron chi connectivity index (χ4n) is 4.30. The number of aromatic nitrogens is 3. The molecule has 0 aromatic carbocycles. The third-order valence-corrected chi connectivity index (χ3v) is 5.74. The van der Waals surface area contributed by atoms with Crippen LogP contribution in [0.4, 0.5) is 10.5 Å². The smallest absolute Gasteiger partial charge is 0.321 e. The van der Waals surface area contributed by atoms with Gasteiger partial charge in [0.2, 0.25) is 5.91 Å². The van der Waals surface area contributed by atoms with Crippen LogP contribution in [0.5, 0.6) is 0 Å². The van der Waals surface area contributed by atoms with Gasteiger partial charge in [0, 0.05) is 32.0 Å². The molecule has 27 heavy (non-hydrogen) atoms. The highest BCUT2D eigenvalue weighted by Gasteiger charge is 2.60. The summed E-state index contributed by atoms with van der Waals surface area (Å²) >= 11 is 0. The number of esters is 1. The van der Waals surface area contributed by atoms with E-state index in [1.807, 2.05) is 6.07 Å². The number of hydrogen-bond acceptors (Lipinski definition) is 7. The minimum Gasteiger partial charge on any atom is -0.469 e. The Bertz CT molecular complexity index is 959. The molecule has 4 atom stereocenters. The molecule has 1 aliphatic carbocycles. The molecule has 2 aliphatic heterocycles. The van der Waals surface area contributed by atoms with Gasteiger partial charge in [-0.25, -0.2) is 14.3 Å². The number of piperidine rings is 1. The number of rotatable bonds is 3. The van der Waals surface area contributed by atoms with Crippen LogP contribution in [-0.4, -0.2) is 59.2 Å². The van der Waals surface area contributed by atoms with Gasteiger partial charge in [-0.15, -0.1) is 0 Å². The first-order valence-electron chi connectivity index (χ1n) is 8.82. The van der Waals surface area contributed by atoms with Gasteiger partial charge in [0.25, 0.3) is 0 Å². The number of nitrogens with one attached hydrogen (secondary N) is 2. The molecule has 1 saturated carbocycles. The summed E-state index contributed by atoms with van der Waals surface area (Å²) < 4.78 is 6.51. The van der Waals surface area contributed by atoms with E-state index in [9.17, 15) is 14.4 Å². The number of methoxy groups -OCH3 is 1. The minimum absolute atomic E-state index is 0.0114. The minimum atomic E-state index is -0.562. The third kappa shape index (κ3) is 2.43. The second-order valence-corrected chi connectivity index (χ2v) is 7.18. The summed E-state index contributed by atoms with van der Waals surface area (Å²) in [6.07, 6.45) is 3.39. The second kappa shape index (κ2) is 5.66. The van der Waals surface area contributed by atoms with Crippen molar-refractivity contribution in [3.05, 3.63) is 24.2 Å². The number of carbonyl (C=O) groups is 3. The summed E-state index contributed by atoms with van der Waals surface area (Å²) in [6, 6.07) is 1.37. The molecule has 140 valence electrons. The second-order valence-electron chi connectivity index (χ2n) is 7.18. The van der Waals surface area contributed by atoms with Crippen LogP contribution in [0.2, 0.25) is 0 Å². The van der Waals surface area contributed by atoms with Crippen LogP contribution in [0.1, 0.15) is 11.6 Å². The number of fused-ring (bicyclic) bond motifs is 2. The molecule has 10 nitrogen and oxygen atoms in total. The van der Waals surface area contributed by atoms with Crippen molar-refractivity contribution in [3.63, 3.8) is 0 Å².